The Bertz CT molecular complexity index is 1450. The molecule has 0 radical (unpaired) electrons. The summed E-state index contributed by atoms with van der Waals surface area (Å²) >= 11 is 3.42. The Hall–Kier alpha value is -3.52. The molecule has 3 aromatic carbocycles. The second-order valence-electron chi connectivity index (χ2n) is 9.59. The van der Waals surface area contributed by atoms with Gasteiger partial charge in [0, 0.05) is 33.8 Å². The van der Waals surface area contributed by atoms with Gasteiger partial charge in [-0.05, 0) is 54.7 Å². The Balaban J connectivity index is 1.56. The van der Waals surface area contributed by atoms with Crippen LogP contribution >= 0.6 is 15.9 Å². The van der Waals surface area contributed by atoms with E-state index in [0.717, 1.165) is 21.7 Å². The third kappa shape index (κ3) is 5.10. The lowest BCUT2D eigenvalue weighted by Crippen LogP contribution is -2.40. The molecule has 4 nitrogen and oxygen atoms in total. The van der Waals surface area contributed by atoms with Crippen LogP contribution in [0.25, 0.3) is 0 Å². The van der Waals surface area contributed by atoms with Crippen LogP contribution in [0.1, 0.15) is 48.3 Å². The molecule has 0 bridgehead atoms. The van der Waals surface area contributed by atoms with Crippen molar-refractivity contribution in [3.8, 4) is 0 Å². The van der Waals surface area contributed by atoms with E-state index < -0.39 is 29.5 Å². The predicted molar refractivity (Wildman–Crippen MR) is 144 cm³/mol. The van der Waals surface area contributed by atoms with Crippen molar-refractivity contribution in [2.45, 2.75) is 37.8 Å². The van der Waals surface area contributed by atoms with Crippen LogP contribution in [0.15, 0.2) is 99.6 Å². The van der Waals surface area contributed by atoms with E-state index >= 15 is 0 Å². The quantitative estimate of drug-likeness (QED) is 0.344. The number of carbonyl (C=O) groups excluding carboxylic acids is 2. The molecule has 0 aromatic heterocycles. The van der Waals surface area contributed by atoms with E-state index in [2.05, 4.69) is 21.2 Å². The second kappa shape index (κ2) is 10.3. The van der Waals surface area contributed by atoms with Crippen LogP contribution < -0.4 is 5.32 Å². The third-order valence-corrected chi connectivity index (χ3v) is 7.69. The number of halogens is 4. The fourth-order valence-corrected chi connectivity index (χ4v) is 5.70. The average Bonchev–Trinajstić information content (AvgIpc) is 2.88. The van der Waals surface area contributed by atoms with Crippen LogP contribution in [0.3, 0.4) is 0 Å². The normalized spacial score (nSPS) is 21.6. The van der Waals surface area contributed by atoms with Crippen molar-refractivity contribution < 1.29 is 22.8 Å². The Morgan fingerprint density at radius 1 is 0.921 bits per heavy atom. The summed E-state index contributed by atoms with van der Waals surface area (Å²) in [7, 11) is 0. The molecule has 1 heterocycles. The van der Waals surface area contributed by atoms with Crippen molar-refractivity contribution in [1.82, 2.24) is 0 Å². The maximum atomic E-state index is 13.7. The average molecular weight is 581 g/mol. The zero-order chi connectivity index (χ0) is 27.0. The molecule has 1 unspecified atom stereocenters. The monoisotopic (exact) mass is 580 g/mol. The van der Waals surface area contributed by atoms with Crippen molar-refractivity contribution >= 4 is 39.0 Å². The minimum Gasteiger partial charge on any atom is -0.325 e. The van der Waals surface area contributed by atoms with Gasteiger partial charge in [-0.1, -0.05) is 70.5 Å². The third-order valence-electron chi connectivity index (χ3n) is 7.16. The van der Waals surface area contributed by atoms with Crippen LogP contribution in [0, 0.1) is 5.92 Å². The highest BCUT2D eigenvalue weighted by Crippen LogP contribution is 2.47. The molecule has 1 amide bonds. The van der Waals surface area contributed by atoms with Gasteiger partial charge in [-0.25, -0.2) is 0 Å². The highest BCUT2D eigenvalue weighted by molar-refractivity contribution is 9.10. The molecule has 2 aliphatic rings. The first-order valence-corrected chi connectivity index (χ1v) is 13.0. The van der Waals surface area contributed by atoms with Gasteiger partial charge in [0.05, 0.1) is 17.2 Å². The van der Waals surface area contributed by atoms with Crippen LogP contribution in [0.5, 0.6) is 0 Å². The van der Waals surface area contributed by atoms with E-state index in [1.807, 2.05) is 54.6 Å². The summed E-state index contributed by atoms with van der Waals surface area (Å²) < 4.78 is 41.7. The standard InChI is InChI=1S/C30H24BrF3N2O2/c1-17-26(29(38)36-23-10-6-5-9-22(23)30(32,33)34)27(19-11-13-21(31)14-12-19)28-24(35-17)15-20(16-25(28)37)18-7-3-2-4-8-18/h2-14,20,26-27H,15-16H2,1H3,(H,36,38)/t20-,26?,27+/m1/s1. The fraction of sp³-hybridized carbons (Fsp3) is 0.233. The maximum absolute atomic E-state index is 13.7. The molecule has 0 saturated carbocycles. The van der Waals surface area contributed by atoms with Gasteiger partial charge in [-0.15, -0.1) is 0 Å². The molecular formula is C30H24BrF3N2O2. The first-order valence-electron chi connectivity index (χ1n) is 12.2. The van der Waals surface area contributed by atoms with Crippen molar-refractivity contribution in [2.24, 2.45) is 10.9 Å². The van der Waals surface area contributed by atoms with Crippen molar-refractivity contribution in [3.63, 3.8) is 0 Å². The number of amides is 1. The van der Waals surface area contributed by atoms with E-state index in [9.17, 15) is 22.8 Å². The summed E-state index contributed by atoms with van der Waals surface area (Å²) in [5, 5.41) is 2.49. The van der Waals surface area contributed by atoms with Gasteiger partial charge in [-0.3, -0.25) is 14.6 Å². The van der Waals surface area contributed by atoms with Gasteiger partial charge in [0.15, 0.2) is 5.78 Å². The van der Waals surface area contributed by atoms with Crippen LogP contribution in [-0.4, -0.2) is 17.4 Å². The number of anilines is 1. The Kier molecular flexibility index (Phi) is 7.09. The number of hydrogen-bond acceptors (Lipinski definition) is 3. The number of ketones is 1. The van der Waals surface area contributed by atoms with Crippen molar-refractivity contribution in [1.29, 1.82) is 0 Å². The van der Waals surface area contributed by atoms with Crippen molar-refractivity contribution in [2.75, 3.05) is 5.32 Å². The lowest BCUT2D eigenvalue weighted by Gasteiger charge is -2.37. The number of nitrogens with zero attached hydrogens (tertiary/aromatic N) is 1. The second-order valence-corrected chi connectivity index (χ2v) is 10.5. The van der Waals surface area contributed by atoms with Gasteiger partial charge < -0.3 is 5.32 Å². The molecule has 0 spiro atoms. The van der Waals surface area contributed by atoms with Crippen LogP contribution in [0.2, 0.25) is 0 Å². The molecule has 3 aromatic rings. The first kappa shape index (κ1) is 26.1. The number of rotatable bonds is 4. The van der Waals surface area contributed by atoms with Crippen molar-refractivity contribution in [3.05, 3.63) is 111 Å². The Morgan fingerprint density at radius 3 is 2.26 bits per heavy atom. The number of Topliss-reactive ketones (excluding diaryl/α,β-unsaturated/α-hetero) is 1. The largest absolute Gasteiger partial charge is 0.418 e. The molecule has 3 atom stereocenters. The van der Waals surface area contributed by atoms with Crippen LogP contribution in [0.4, 0.5) is 18.9 Å². The number of aliphatic imine (C=N–C) groups is 1. The lowest BCUT2D eigenvalue weighted by atomic mass is 9.69. The number of alkyl halides is 3. The van der Waals surface area contributed by atoms with Gasteiger partial charge in [-0.2, -0.15) is 13.2 Å². The molecule has 0 fully saturated rings. The molecule has 1 aliphatic carbocycles. The summed E-state index contributed by atoms with van der Waals surface area (Å²) in [4.78, 5) is 32.1. The zero-order valence-corrected chi connectivity index (χ0v) is 22.0. The summed E-state index contributed by atoms with van der Waals surface area (Å²) in [6.45, 7) is 1.70. The highest BCUT2D eigenvalue weighted by atomic mass is 79.9. The van der Waals surface area contributed by atoms with Gasteiger partial charge in [0.2, 0.25) is 5.91 Å². The summed E-state index contributed by atoms with van der Waals surface area (Å²) in [5.74, 6) is -2.39. The summed E-state index contributed by atoms with van der Waals surface area (Å²) in [6.07, 6.45) is -3.82. The molecule has 5 rings (SSSR count). The van der Waals surface area contributed by atoms with E-state index in [-0.39, 0.29) is 23.8 Å². The highest BCUT2D eigenvalue weighted by Gasteiger charge is 2.44. The fourth-order valence-electron chi connectivity index (χ4n) is 5.44. The van der Waals surface area contributed by atoms with Crippen LogP contribution in [-0.2, 0) is 15.8 Å². The Morgan fingerprint density at radius 2 is 1.58 bits per heavy atom. The molecular weight excluding hydrogens is 557 g/mol. The molecule has 0 saturated heterocycles. The SMILES string of the molecule is CC1=NC2=C(C(=O)C[C@H](c3ccccc3)C2)[C@@H](c2ccc(Br)cc2)C1C(=O)Nc1ccccc1C(F)(F)F. The molecule has 194 valence electrons. The number of benzene rings is 3. The van der Waals surface area contributed by atoms with Gasteiger partial charge in [0.1, 0.15) is 0 Å². The number of nitrogens with one attached hydrogen (secondary N) is 1. The van der Waals surface area contributed by atoms with Gasteiger partial charge in [0.25, 0.3) is 0 Å². The first-order chi connectivity index (χ1) is 18.1. The number of allylic oxidation sites excluding steroid dienone is 2. The molecule has 38 heavy (non-hydrogen) atoms. The number of para-hydroxylation sites is 1. The molecule has 1 N–H and O–H groups in total. The topological polar surface area (TPSA) is 58.5 Å². The smallest absolute Gasteiger partial charge is 0.325 e. The number of hydrogen-bond donors (Lipinski definition) is 1. The van der Waals surface area contributed by atoms with E-state index in [1.54, 1.807) is 6.92 Å². The minimum absolute atomic E-state index is 0.0337. The maximum Gasteiger partial charge on any atom is 0.418 e. The summed E-state index contributed by atoms with van der Waals surface area (Å²) in [5.41, 5.74) is 2.08. The zero-order valence-electron chi connectivity index (χ0n) is 20.4. The summed E-state index contributed by atoms with van der Waals surface area (Å²) in [6, 6.07) is 22.0. The Labute approximate surface area is 226 Å². The molecule has 1 aliphatic heterocycles. The van der Waals surface area contributed by atoms with E-state index in [4.69, 9.17) is 4.99 Å². The van der Waals surface area contributed by atoms with E-state index in [1.165, 1.54) is 18.2 Å². The lowest BCUT2D eigenvalue weighted by molar-refractivity contribution is -0.137. The number of carbonyl (C=O) groups is 2. The predicted octanol–water partition coefficient (Wildman–Crippen LogP) is 7.68. The van der Waals surface area contributed by atoms with Gasteiger partial charge >= 0.3 is 6.18 Å². The van der Waals surface area contributed by atoms with E-state index in [0.29, 0.717) is 23.4 Å². The molecule has 8 heteroatoms. The minimum atomic E-state index is -4.63.